The van der Waals surface area contributed by atoms with Crippen molar-refractivity contribution in [3.8, 4) is 0 Å². The predicted molar refractivity (Wildman–Crippen MR) is 213 cm³/mol. The van der Waals surface area contributed by atoms with Crippen LogP contribution in [0.25, 0.3) is 0 Å². The van der Waals surface area contributed by atoms with Crippen LogP contribution in [0.4, 0.5) is 0 Å². The quantitative estimate of drug-likeness (QED) is 0.159. The van der Waals surface area contributed by atoms with E-state index in [1.54, 1.807) is 54.1 Å². The fourth-order valence-corrected chi connectivity index (χ4v) is 9.30. The highest BCUT2D eigenvalue weighted by Crippen LogP contribution is 2.41. The lowest BCUT2D eigenvalue weighted by Crippen LogP contribution is -2.61. The number of ketones is 1. The van der Waals surface area contributed by atoms with Crippen molar-refractivity contribution >= 4 is 19.7 Å². The molecule has 3 fully saturated rings. The number of ether oxygens (including phenoxy) is 6. The molecule has 3 aliphatic heterocycles. The number of carbonyl (C=O) groups is 2. The zero-order chi connectivity index (χ0) is 43.7. The minimum atomic E-state index is -2.01. The second-order valence-corrected chi connectivity index (χ2v) is 18.1. The summed E-state index contributed by atoms with van der Waals surface area (Å²) in [5, 5.41) is 66.7. The number of likely N-dealkylation sites (N-methyl/N-ethyl adjacent to an activating group) is 1. The lowest BCUT2D eigenvalue weighted by Gasteiger charge is -2.49. The number of aliphatic hydroxyl groups is 5. The summed E-state index contributed by atoms with van der Waals surface area (Å²) in [6.07, 6.45) is -7.76. The fraction of sp³-hybridized carbons (Fsp3) is 0.900. The normalized spacial score (nSPS) is 45.2. The van der Waals surface area contributed by atoms with Crippen molar-refractivity contribution in [1.82, 2.24) is 19.8 Å². The summed E-state index contributed by atoms with van der Waals surface area (Å²) >= 11 is 0. The maximum atomic E-state index is 14.2. The Balaban J connectivity index is 1.77. The predicted octanol–water partition coefficient (Wildman–Crippen LogP) is 0.386. The van der Waals surface area contributed by atoms with Crippen molar-refractivity contribution in [3.05, 3.63) is 11.9 Å². The molecule has 18 heteroatoms. The summed E-state index contributed by atoms with van der Waals surface area (Å²) in [5.41, 5.74) is -4.12. The number of aliphatic hydroxyl groups excluding tert-OH is 3. The van der Waals surface area contributed by atoms with E-state index in [0.717, 1.165) is 5.69 Å². The zero-order valence-corrected chi connectivity index (χ0v) is 36.8. The highest BCUT2D eigenvalue weighted by molar-refractivity contribution is 6.05. The molecule has 0 bridgehead atoms. The second-order valence-electron chi connectivity index (χ2n) is 18.1. The average Bonchev–Trinajstić information content (AvgIpc) is 3.59. The molecular formula is C40H71BN4O13. The van der Waals surface area contributed by atoms with Gasteiger partial charge in [-0.15, -0.1) is 5.10 Å². The van der Waals surface area contributed by atoms with E-state index in [4.69, 9.17) is 28.4 Å². The number of methoxy groups -OCH3 is 1. The van der Waals surface area contributed by atoms with Crippen molar-refractivity contribution in [1.29, 1.82) is 0 Å². The molecule has 0 radical (unpaired) electrons. The molecule has 17 nitrogen and oxygen atoms in total. The summed E-state index contributed by atoms with van der Waals surface area (Å²) in [7, 11) is 5.18. The van der Waals surface area contributed by atoms with E-state index in [2.05, 4.69) is 10.3 Å². The van der Waals surface area contributed by atoms with E-state index in [1.165, 1.54) is 27.9 Å². The molecule has 0 amide bonds. The summed E-state index contributed by atoms with van der Waals surface area (Å²) in [5.74, 6) is -5.11. The lowest BCUT2D eigenvalue weighted by atomic mass is 9.74. The number of esters is 1. The van der Waals surface area contributed by atoms with Crippen molar-refractivity contribution in [3.63, 3.8) is 0 Å². The van der Waals surface area contributed by atoms with Gasteiger partial charge in [-0.25, -0.2) is 0 Å². The monoisotopic (exact) mass is 827 g/mol. The van der Waals surface area contributed by atoms with E-state index in [1.807, 2.05) is 25.1 Å². The van der Waals surface area contributed by atoms with Crippen LogP contribution >= 0.6 is 0 Å². The van der Waals surface area contributed by atoms with Crippen LogP contribution in [0, 0.1) is 23.7 Å². The molecular weight excluding hydrogens is 755 g/mol. The Morgan fingerprint density at radius 1 is 0.983 bits per heavy atom. The molecule has 332 valence electrons. The third-order valence-corrected chi connectivity index (χ3v) is 13.1. The Kier molecular flexibility index (Phi) is 16.2. The van der Waals surface area contributed by atoms with Crippen LogP contribution in [0.3, 0.4) is 0 Å². The number of hydrogen-bond acceptors (Lipinski definition) is 16. The molecule has 4 rings (SSSR count). The maximum absolute atomic E-state index is 14.2. The van der Waals surface area contributed by atoms with Gasteiger partial charge in [-0.2, -0.15) is 0 Å². The molecule has 0 saturated carbocycles. The van der Waals surface area contributed by atoms with Gasteiger partial charge >= 0.3 is 5.97 Å². The number of Topliss-reactive ketones (excluding diaryl/α,β-unsaturated/α-hetero) is 1. The molecule has 4 heterocycles. The van der Waals surface area contributed by atoms with E-state index >= 15 is 0 Å². The van der Waals surface area contributed by atoms with Crippen LogP contribution in [0.5, 0.6) is 0 Å². The number of nitrogens with zero attached hydrogens (tertiary/aromatic N) is 4. The number of carbonyl (C=O) groups excluding carboxylic acids is 2. The fourth-order valence-electron chi connectivity index (χ4n) is 9.30. The minimum Gasteiger partial charge on any atom is -0.459 e. The molecule has 0 aromatic carbocycles. The number of aromatic nitrogens is 3. The molecule has 1 aromatic rings. The SMILES string of the molecule is Bn1cc(CCN(C)[C@H]2C[C@@H](C)O[C@@H](O[C@@H]3[C@H](C)[C@H](OC4C[C@@](C)(OC)[C@@H](O)[C@H](C)O4)[C@@H](C)C(=O)O[C@H](CC)[C@@](C)(O)[C@H](O)[C@@H](C)C(=O)[C@H](C)C[C@@]3(C)O)[C@@H]2O)nn1. The first-order chi connectivity index (χ1) is 26.9. The molecule has 3 saturated heterocycles. The smallest absolute Gasteiger partial charge is 0.311 e. The first kappa shape index (κ1) is 48.6. The highest BCUT2D eigenvalue weighted by atomic mass is 16.7. The van der Waals surface area contributed by atoms with Crippen molar-refractivity contribution in [2.45, 2.75) is 186 Å². The molecule has 18 atom stereocenters. The Hall–Kier alpha value is -2.10. The molecule has 5 N–H and O–H groups in total. The first-order valence-corrected chi connectivity index (χ1v) is 20.8. The van der Waals surface area contributed by atoms with Crippen molar-refractivity contribution in [2.24, 2.45) is 23.7 Å². The number of hydrogen-bond donors (Lipinski definition) is 5. The van der Waals surface area contributed by atoms with Gasteiger partial charge in [0, 0.05) is 56.5 Å². The second kappa shape index (κ2) is 19.3. The van der Waals surface area contributed by atoms with Gasteiger partial charge in [0.2, 0.25) is 0 Å². The van der Waals surface area contributed by atoms with Gasteiger partial charge in [0.25, 0.3) is 7.98 Å². The standard InChI is InChI=1S/C40H71BN4O13/c1-13-28-40(10,52)33(48)22(4)30(46)20(2)17-38(8,51)35(58-37-31(47)27(16-21(3)54-37)44(11)15-14-26-19-45(41)43-42-26)23(5)32(24(6)36(50)56-28)57-29-18-39(9,53-12)34(49)25(7)55-29/h19-25,27-29,31-35,37,47-49,51-52H,13-18,41H2,1-12H3/t20-,21-,22+,23-,24-,25+,27+,28-,29?,31-,32+,33-,34+,35-,37+,38-,39-,40-/m1/s1. The molecule has 58 heavy (non-hydrogen) atoms. The summed E-state index contributed by atoms with van der Waals surface area (Å²) in [6.45, 7) is 16.9. The lowest BCUT2D eigenvalue weighted by molar-refractivity contribution is -0.318. The third-order valence-electron chi connectivity index (χ3n) is 13.1. The molecule has 1 aromatic heterocycles. The van der Waals surface area contributed by atoms with Gasteiger partial charge in [-0.3, -0.25) is 9.59 Å². The van der Waals surface area contributed by atoms with Crippen LogP contribution in [0.2, 0.25) is 0 Å². The number of rotatable bonds is 10. The van der Waals surface area contributed by atoms with Gasteiger partial charge in [-0.05, 0) is 67.9 Å². The summed E-state index contributed by atoms with van der Waals surface area (Å²) in [6, 6.07) is -0.415. The maximum Gasteiger partial charge on any atom is 0.311 e. The van der Waals surface area contributed by atoms with Crippen molar-refractivity contribution in [2.75, 3.05) is 20.7 Å². The Morgan fingerprint density at radius 3 is 2.22 bits per heavy atom. The van der Waals surface area contributed by atoms with Gasteiger partial charge in [0.1, 0.15) is 29.7 Å². The van der Waals surface area contributed by atoms with Crippen LogP contribution in [0.1, 0.15) is 101 Å². The van der Waals surface area contributed by atoms with Crippen LogP contribution in [-0.2, 0) is 44.4 Å². The molecule has 3 aliphatic rings. The summed E-state index contributed by atoms with van der Waals surface area (Å²) < 4.78 is 39.2. The Morgan fingerprint density at radius 2 is 1.64 bits per heavy atom. The molecule has 0 aliphatic carbocycles. The zero-order valence-electron chi connectivity index (χ0n) is 36.8. The van der Waals surface area contributed by atoms with Crippen molar-refractivity contribution < 1.29 is 63.5 Å². The summed E-state index contributed by atoms with van der Waals surface area (Å²) in [4.78, 5) is 30.2. The van der Waals surface area contributed by atoms with Gasteiger partial charge in [0.05, 0.1) is 53.3 Å². The van der Waals surface area contributed by atoms with E-state index in [0.29, 0.717) is 19.4 Å². The molecule has 1 unspecified atom stereocenters. The minimum absolute atomic E-state index is 0.0777. The van der Waals surface area contributed by atoms with Gasteiger partial charge < -0.3 is 63.4 Å². The van der Waals surface area contributed by atoms with Crippen LogP contribution < -0.4 is 0 Å². The molecule has 0 spiro atoms. The van der Waals surface area contributed by atoms with E-state index in [9.17, 15) is 35.1 Å². The van der Waals surface area contributed by atoms with Gasteiger partial charge in [-0.1, -0.05) is 32.9 Å². The Bertz CT molecular complexity index is 1520. The van der Waals surface area contributed by atoms with E-state index in [-0.39, 0.29) is 25.4 Å². The topological polar surface area (TPSA) is 225 Å². The highest BCUT2D eigenvalue weighted by Gasteiger charge is 2.53. The third kappa shape index (κ3) is 10.7. The van der Waals surface area contributed by atoms with Crippen LogP contribution in [-0.4, -0.2) is 170 Å². The first-order valence-electron chi connectivity index (χ1n) is 20.8. The number of cyclic esters (lactones) is 1. The Labute approximate surface area is 344 Å². The largest absolute Gasteiger partial charge is 0.459 e. The van der Waals surface area contributed by atoms with Gasteiger partial charge in [0.15, 0.2) is 12.6 Å². The van der Waals surface area contributed by atoms with Crippen LogP contribution in [0.15, 0.2) is 6.20 Å². The average molecular weight is 827 g/mol. The van der Waals surface area contributed by atoms with E-state index < -0.39 is 114 Å².